The summed E-state index contributed by atoms with van der Waals surface area (Å²) in [6, 6.07) is 6.30. The SMILES string of the molecule is CCCc1noc(CS(=O)(=O)c2cccc(OC)c2)n1. The molecule has 0 spiro atoms. The minimum atomic E-state index is -3.52. The fraction of sp³-hybridized carbons (Fsp3) is 0.385. The van der Waals surface area contributed by atoms with Crippen LogP contribution < -0.4 is 4.74 Å². The van der Waals surface area contributed by atoms with Crippen molar-refractivity contribution >= 4 is 9.84 Å². The van der Waals surface area contributed by atoms with Crippen LogP contribution in [0.25, 0.3) is 0 Å². The standard InChI is InChI=1S/C13H16N2O4S/c1-3-5-12-14-13(19-15-12)9-20(16,17)11-7-4-6-10(8-11)18-2/h4,6-8H,3,5,9H2,1-2H3. The maximum atomic E-state index is 12.3. The Morgan fingerprint density at radius 2 is 2.15 bits per heavy atom. The monoisotopic (exact) mass is 296 g/mol. The molecule has 2 rings (SSSR count). The minimum absolute atomic E-state index is 0.108. The van der Waals surface area contributed by atoms with E-state index in [1.54, 1.807) is 12.1 Å². The van der Waals surface area contributed by atoms with Crippen molar-refractivity contribution in [2.75, 3.05) is 7.11 Å². The summed E-state index contributed by atoms with van der Waals surface area (Å²) < 4.78 is 34.5. The largest absolute Gasteiger partial charge is 0.497 e. The number of nitrogens with zero attached hydrogens (tertiary/aromatic N) is 2. The molecule has 0 saturated heterocycles. The van der Waals surface area contributed by atoms with Crippen molar-refractivity contribution in [1.29, 1.82) is 0 Å². The maximum absolute atomic E-state index is 12.3. The first-order chi connectivity index (χ1) is 9.55. The van der Waals surface area contributed by atoms with Crippen molar-refractivity contribution in [3.05, 3.63) is 36.0 Å². The number of ether oxygens (including phenoxy) is 1. The number of methoxy groups -OCH3 is 1. The van der Waals surface area contributed by atoms with E-state index in [0.29, 0.717) is 18.0 Å². The van der Waals surface area contributed by atoms with E-state index in [9.17, 15) is 8.42 Å². The maximum Gasteiger partial charge on any atom is 0.242 e. The van der Waals surface area contributed by atoms with E-state index in [2.05, 4.69) is 10.1 Å². The summed E-state index contributed by atoms with van der Waals surface area (Å²) in [5.74, 6) is 0.819. The lowest BCUT2D eigenvalue weighted by Crippen LogP contribution is -2.05. The van der Waals surface area contributed by atoms with Gasteiger partial charge in [-0.1, -0.05) is 18.1 Å². The zero-order valence-corrected chi connectivity index (χ0v) is 12.2. The second-order valence-corrected chi connectivity index (χ2v) is 6.28. The van der Waals surface area contributed by atoms with Gasteiger partial charge in [0.15, 0.2) is 15.7 Å². The zero-order chi connectivity index (χ0) is 14.6. The molecule has 0 aliphatic rings. The molecular formula is C13H16N2O4S. The number of sulfone groups is 1. The average Bonchev–Trinajstić information content (AvgIpc) is 2.86. The molecule has 6 nitrogen and oxygen atoms in total. The molecule has 1 aromatic heterocycles. The van der Waals surface area contributed by atoms with Gasteiger partial charge in [0.05, 0.1) is 12.0 Å². The van der Waals surface area contributed by atoms with Crippen LogP contribution in [0.3, 0.4) is 0 Å². The van der Waals surface area contributed by atoms with E-state index >= 15 is 0 Å². The number of aryl methyl sites for hydroxylation is 1. The van der Waals surface area contributed by atoms with Gasteiger partial charge in [0.2, 0.25) is 5.89 Å². The van der Waals surface area contributed by atoms with Crippen molar-refractivity contribution in [3.63, 3.8) is 0 Å². The van der Waals surface area contributed by atoms with Gasteiger partial charge in [0.25, 0.3) is 0 Å². The third-order valence-corrected chi connectivity index (χ3v) is 4.30. The van der Waals surface area contributed by atoms with E-state index in [1.165, 1.54) is 19.2 Å². The van der Waals surface area contributed by atoms with Crippen LogP contribution in [0.2, 0.25) is 0 Å². The molecule has 0 unspecified atom stereocenters. The lowest BCUT2D eigenvalue weighted by molar-refractivity contribution is 0.382. The van der Waals surface area contributed by atoms with Gasteiger partial charge in [-0.2, -0.15) is 4.98 Å². The van der Waals surface area contributed by atoms with Gasteiger partial charge < -0.3 is 9.26 Å². The Kier molecular flexibility index (Phi) is 4.39. The number of hydrogen-bond acceptors (Lipinski definition) is 6. The predicted octanol–water partition coefficient (Wildman–Crippen LogP) is 2.00. The van der Waals surface area contributed by atoms with Gasteiger partial charge in [-0.25, -0.2) is 8.42 Å². The molecule has 108 valence electrons. The first kappa shape index (κ1) is 14.5. The molecule has 0 bridgehead atoms. The smallest absolute Gasteiger partial charge is 0.242 e. The van der Waals surface area contributed by atoms with Gasteiger partial charge in [-0.15, -0.1) is 0 Å². The fourth-order valence-electron chi connectivity index (χ4n) is 1.71. The molecule has 0 aliphatic heterocycles. The Balaban J connectivity index is 2.21. The molecule has 0 saturated carbocycles. The average molecular weight is 296 g/mol. The summed E-state index contributed by atoms with van der Waals surface area (Å²) in [7, 11) is -2.04. The van der Waals surface area contributed by atoms with Gasteiger partial charge >= 0.3 is 0 Å². The molecule has 0 fully saturated rings. The topological polar surface area (TPSA) is 82.3 Å². The van der Waals surface area contributed by atoms with Crippen molar-refractivity contribution < 1.29 is 17.7 Å². The summed E-state index contributed by atoms with van der Waals surface area (Å²) >= 11 is 0. The van der Waals surface area contributed by atoms with E-state index < -0.39 is 9.84 Å². The van der Waals surface area contributed by atoms with Crippen LogP contribution in [0, 0.1) is 0 Å². The molecule has 0 aliphatic carbocycles. The lowest BCUT2D eigenvalue weighted by Gasteiger charge is -2.04. The van der Waals surface area contributed by atoms with Gasteiger partial charge in [0, 0.05) is 6.42 Å². The Bertz CT molecular complexity index is 679. The van der Waals surface area contributed by atoms with Gasteiger partial charge in [-0.05, 0) is 24.6 Å². The predicted molar refractivity (Wildman–Crippen MR) is 72.2 cm³/mol. The molecule has 1 heterocycles. The van der Waals surface area contributed by atoms with Gasteiger partial charge in [0.1, 0.15) is 11.5 Å². The van der Waals surface area contributed by atoms with Crippen LogP contribution in [0.15, 0.2) is 33.7 Å². The zero-order valence-electron chi connectivity index (χ0n) is 11.4. The van der Waals surface area contributed by atoms with E-state index in [0.717, 1.165) is 6.42 Å². The Labute approximate surface area is 117 Å². The molecule has 1 aromatic carbocycles. The first-order valence-electron chi connectivity index (χ1n) is 6.23. The number of benzene rings is 1. The quantitative estimate of drug-likeness (QED) is 0.811. The van der Waals surface area contributed by atoms with Crippen LogP contribution in [-0.4, -0.2) is 25.7 Å². The van der Waals surface area contributed by atoms with Crippen molar-refractivity contribution in [2.45, 2.75) is 30.4 Å². The second kappa shape index (κ2) is 6.04. The van der Waals surface area contributed by atoms with Crippen molar-refractivity contribution in [2.24, 2.45) is 0 Å². The molecule has 20 heavy (non-hydrogen) atoms. The molecule has 7 heteroatoms. The molecule has 0 atom stereocenters. The molecule has 2 aromatic rings. The highest BCUT2D eigenvalue weighted by molar-refractivity contribution is 7.90. The molecular weight excluding hydrogens is 280 g/mol. The number of rotatable bonds is 6. The second-order valence-electron chi connectivity index (χ2n) is 4.29. The highest BCUT2D eigenvalue weighted by atomic mass is 32.2. The van der Waals surface area contributed by atoms with Crippen molar-refractivity contribution in [1.82, 2.24) is 10.1 Å². The summed E-state index contributed by atoms with van der Waals surface area (Å²) in [6.45, 7) is 1.99. The third kappa shape index (κ3) is 3.36. The minimum Gasteiger partial charge on any atom is -0.497 e. The molecule has 0 radical (unpaired) electrons. The van der Waals surface area contributed by atoms with Gasteiger partial charge in [-0.3, -0.25) is 0 Å². The van der Waals surface area contributed by atoms with Crippen LogP contribution in [0.1, 0.15) is 25.1 Å². The highest BCUT2D eigenvalue weighted by Gasteiger charge is 2.20. The van der Waals surface area contributed by atoms with Crippen LogP contribution in [0.5, 0.6) is 5.75 Å². The van der Waals surface area contributed by atoms with Crippen LogP contribution >= 0.6 is 0 Å². The summed E-state index contributed by atoms with van der Waals surface area (Å²) in [6.07, 6.45) is 1.55. The Hall–Kier alpha value is -1.89. The molecule has 0 amide bonds. The van der Waals surface area contributed by atoms with Crippen LogP contribution in [0.4, 0.5) is 0 Å². The number of hydrogen-bond donors (Lipinski definition) is 0. The molecule has 0 N–H and O–H groups in total. The van der Waals surface area contributed by atoms with E-state index in [-0.39, 0.29) is 16.5 Å². The third-order valence-electron chi connectivity index (χ3n) is 2.70. The Morgan fingerprint density at radius 3 is 2.85 bits per heavy atom. The highest BCUT2D eigenvalue weighted by Crippen LogP contribution is 2.20. The number of aromatic nitrogens is 2. The summed E-state index contributed by atoms with van der Waals surface area (Å²) in [4.78, 5) is 4.24. The van der Waals surface area contributed by atoms with Crippen LogP contribution in [-0.2, 0) is 22.0 Å². The lowest BCUT2D eigenvalue weighted by atomic mass is 10.3. The fourth-order valence-corrected chi connectivity index (χ4v) is 2.91. The normalized spacial score (nSPS) is 11.5. The summed E-state index contributed by atoms with van der Waals surface area (Å²) in [5.41, 5.74) is 0. The Morgan fingerprint density at radius 1 is 1.35 bits per heavy atom. The van der Waals surface area contributed by atoms with E-state index in [4.69, 9.17) is 9.26 Å². The first-order valence-corrected chi connectivity index (χ1v) is 7.88. The summed E-state index contributed by atoms with van der Waals surface area (Å²) in [5, 5.41) is 3.74. The van der Waals surface area contributed by atoms with Crippen molar-refractivity contribution in [3.8, 4) is 5.75 Å². The van der Waals surface area contributed by atoms with E-state index in [1.807, 2.05) is 6.92 Å².